The summed E-state index contributed by atoms with van der Waals surface area (Å²) in [6.45, 7) is 1.70. The number of ether oxygens (including phenoxy) is 1. The van der Waals surface area contributed by atoms with Gasteiger partial charge in [0.15, 0.2) is 11.5 Å². The van der Waals surface area contributed by atoms with E-state index >= 15 is 0 Å². The van der Waals surface area contributed by atoms with E-state index in [2.05, 4.69) is 10.1 Å². The van der Waals surface area contributed by atoms with Gasteiger partial charge in [-0.05, 0) is 18.4 Å². The van der Waals surface area contributed by atoms with Crippen molar-refractivity contribution < 1.29 is 4.74 Å². The maximum Gasteiger partial charge on any atom is 0.157 e. The zero-order chi connectivity index (χ0) is 11.0. The van der Waals surface area contributed by atoms with Crippen LogP contribution in [-0.4, -0.2) is 27.8 Å². The van der Waals surface area contributed by atoms with Crippen molar-refractivity contribution in [1.29, 1.82) is 0 Å². The van der Waals surface area contributed by atoms with Crippen LogP contribution >= 0.6 is 0 Å². The van der Waals surface area contributed by atoms with Crippen LogP contribution in [0.15, 0.2) is 18.3 Å². The third-order valence-electron chi connectivity index (χ3n) is 2.90. The molecule has 5 nitrogen and oxygen atoms in total. The van der Waals surface area contributed by atoms with E-state index in [0.29, 0.717) is 5.92 Å². The molecule has 0 aromatic carbocycles. The minimum atomic E-state index is 0.565. The molecule has 2 aromatic rings. The zero-order valence-corrected chi connectivity index (χ0v) is 8.97. The van der Waals surface area contributed by atoms with E-state index in [1.165, 1.54) is 0 Å². The van der Waals surface area contributed by atoms with Gasteiger partial charge in [-0.25, -0.2) is 9.50 Å². The Labute approximate surface area is 93.2 Å². The maximum atomic E-state index is 5.70. The van der Waals surface area contributed by atoms with Crippen molar-refractivity contribution in [1.82, 2.24) is 14.6 Å². The van der Waals surface area contributed by atoms with Crippen LogP contribution in [-0.2, 0) is 11.2 Å². The van der Waals surface area contributed by atoms with E-state index in [4.69, 9.17) is 10.5 Å². The second-order valence-electron chi connectivity index (χ2n) is 4.22. The van der Waals surface area contributed by atoms with Crippen LogP contribution in [0.3, 0.4) is 0 Å². The molecule has 2 aromatic heterocycles. The molecule has 16 heavy (non-hydrogen) atoms. The van der Waals surface area contributed by atoms with Crippen molar-refractivity contribution in [2.24, 2.45) is 5.92 Å². The standard InChI is InChI=1S/C11H14N4O/c12-9-1-3-15-11(6-9)13-10(14-15)5-8-2-4-16-7-8/h1,3,6,8H,2,4-5,7,12H2. The molecule has 0 aliphatic carbocycles. The fourth-order valence-electron chi connectivity index (χ4n) is 2.03. The minimum absolute atomic E-state index is 0.565. The van der Waals surface area contributed by atoms with Gasteiger partial charge in [0.1, 0.15) is 0 Å². The monoisotopic (exact) mass is 218 g/mol. The summed E-state index contributed by atoms with van der Waals surface area (Å²) in [5, 5.41) is 4.41. The number of anilines is 1. The van der Waals surface area contributed by atoms with Gasteiger partial charge in [-0.3, -0.25) is 0 Å². The predicted molar refractivity (Wildman–Crippen MR) is 60.0 cm³/mol. The number of nitrogens with zero attached hydrogens (tertiary/aromatic N) is 3. The number of hydrogen-bond donors (Lipinski definition) is 1. The van der Waals surface area contributed by atoms with E-state index in [1.807, 2.05) is 18.3 Å². The summed E-state index contributed by atoms with van der Waals surface area (Å²) in [7, 11) is 0. The Hall–Kier alpha value is -1.62. The Bertz CT molecular complexity index is 502. The predicted octanol–water partition coefficient (Wildman–Crippen LogP) is 0.890. The smallest absolute Gasteiger partial charge is 0.157 e. The molecule has 1 aliphatic rings. The van der Waals surface area contributed by atoms with E-state index in [1.54, 1.807) is 4.52 Å². The number of nitrogen functional groups attached to an aromatic ring is 1. The lowest BCUT2D eigenvalue weighted by molar-refractivity contribution is 0.185. The summed E-state index contributed by atoms with van der Waals surface area (Å²) in [5.74, 6) is 1.44. The summed E-state index contributed by atoms with van der Waals surface area (Å²) in [6.07, 6.45) is 3.84. The molecule has 0 spiro atoms. The van der Waals surface area contributed by atoms with Crippen molar-refractivity contribution >= 4 is 11.3 Å². The van der Waals surface area contributed by atoms with Gasteiger partial charge in [-0.2, -0.15) is 5.10 Å². The summed E-state index contributed by atoms with van der Waals surface area (Å²) >= 11 is 0. The lowest BCUT2D eigenvalue weighted by Gasteiger charge is -2.01. The van der Waals surface area contributed by atoms with E-state index in [9.17, 15) is 0 Å². The van der Waals surface area contributed by atoms with Gasteiger partial charge in [0.05, 0.1) is 0 Å². The van der Waals surface area contributed by atoms with E-state index < -0.39 is 0 Å². The molecule has 1 unspecified atom stereocenters. The number of hydrogen-bond acceptors (Lipinski definition) is 4. The molecule has 3 rings (SSSR count). The van der Waals surface area contributed by atoms with E-state index in [0.717, 1.165) is 43.2 Å². The Balaban J connectivity index is 1.86. The minimum Gasteiger partial charge on any atom is -0.399 e. The first-order valence-corrected chi connectivity index (χ1v) is 5.50. The topological polar surface area (TPSA) is 65.4 Å². The highest BCUT2D eigenvalue weighted by molar-refractivity contribution is 5.50. The zero-order valence-electron chi connectivity index (χ0n) is 8.97. The lowest BCUT2D eigenvalue weighted by atomic mass is 10.1. The number of rotatable bonds is 2. The highest BCUT2D eigenvalue weighted by Gasteiger charge is 2.18. The van der Waals surface area contributed by atoms with Gasteiger partial charge in [0.25, 0.3) is 0 Å². The van der Waals surface area contributed by atoms with Crippen LogP contribution in [0, 0.1) is 5.92 Å². The summed E-state index contributed by atoms with van der Waals surface area (Å²) in [6, 6.07) is 3.66. The number of aromatic nitrogens is 3. The highest BCUT2D eigenvalue weighted by Crippen LogP contribution is 2.17. The Kier molecular flexibility index (Phi) is 2.25. The molecule has 1 aliphatic heterocycles. The first-order valence-electron chi connectivity index (χ1n) is 5.50. The van der Waals surface area contributed by atoms with Crippen LogP contribution in [0.2, 0.25) is 0 Å². The first-order chi connectivity index (χ1) is 7.81. The van der Waals surface area contributed by atoms with Crippen molar-refractivity contribution in [3.05, 3.63) is 24.2 Å². The third kappa shape index (κ3) is 1.74. The number of fused-ring (bicyclic) bond motifs is 1. The third-order valence-corrected chi connectivity index (χ3v) is 2.90. The van der Waals surface area contributed by atoms with Crippen LogP contribution in [0.1, 0.15) is 12.2 Å². The summed E-state index contributed by atoms with van der Waals surface area (Å²) in [4.78, 5) is 4.45. The van der Waals surface area contributed by atoms with Crippen LogP contribution in [0.5, 0.6) is 0 Å². The van der Waals surface area contributed by atoms with Gasteiger partial charge in [0, 0.05) is 37.6 Å². The van der Waals surface area contributed by atoms with Crippen LogP contribution in [0.4, 0.5) is 5.69 Å². The average Bonchev–Trinajstić information content (AvgIpc) is 2.86. The number of pyridine rings is 1. The quantitative estimate of drug-likeness (QED) is 0.813. The molecule has 0 saturated carbocycles. The highest BCUT2D eigenvalue weighted by atomic mass is 16.5. The number of nitrogens with two attached hydrogens (primary N) is 1. The fraction of sp³-hybridized carbons (Fsp3) is 0.455. The SMILES string of the molecule is Nc1ccn2nc(CC3CCOC3)nc2c1. The van der Waals surface area contributed by atoms with E-state index in [-0.39, 0.29) is 0 Å². The van der Waals surface area contributed by atoms with Crippen molar-refractivity contribution in [2.75, 3.05) is 18.9 Å². The van der Waals surface area contributed by atoms with Crippen LogP contribution in [0.25, 0.3) is 5.65 Å². The molecule has 0 amide bonds. The van der Waals surface area contributed by atoms with Crippen molar-refractivity contribution in [2.45, 2.75) is 12.8 Å². The van der Waals surface area contributed by atoms with Gasteiger partial charge in [-0.1, -0.05) is 0 Å². The molecule has 1 saturated heterocycles. The van der Waals surface area contributed by atoms with Crippen molar-refractivity contribution in [3.63, 3.8) is 0 Å². The van der Waals surface area contributed by atoms with Gasteiger partial charge >= 0.3 is 0 Å². The molecule has 1 fully saturated rings. The molecular weight excluding hydrogens is 204 g/mol. The molecule has 5 heteroatoms. The first kappa shape index (κ1) is 9.59. The normalized spacial score (nSPS) is 20.6. The molecule has 0 bridgehead atoms. The lowest BCUT2D eigenvalue weighted by Crippen LogP contribution is -2.05. The molecule has 84 valence electrons. The maximum absolute atomic E-state index is 5.70. The van der Waals surface area contributed by atoms with Gasteiger partial charge in [-0.15, -0.1) is 0 Å². The molecule has 1 atom stereocenters. The summed E-state index contributed by atoms with van der Waals surface area (Å²) in [5.41, 5.74) is 7.23. The summed E-state index contributed by atoms with van der Waals surface area (Å²) < 4.78 is 7.11. The average molecular weight is 218 g/mol. The molecule has 2 N–H and O–H groups in total. The van der Waals surface area contributed by atoms with Crippen molar-refractivity contribution in [3.8, 4) is 0 Å². The molecule has 3 heterocycles. The molecule has 0 radical (unpaired) electrons. The Morgan fingerprint density at radius 1 is 1.56 bits per heavy atom. The Morgan fingerprint density at radius 3 is 3.31 bits per heavy atom. The van der Waals surface area contributed by atoms with Gasteiger partial charge in [0.2, 0.25) is 0 Å². The largest absolute Gasteiger partial charge is 0.399 e. The second-order valence-corrected chi connectivity index (χ2v) is 4.22. The van der Waals surface area contributed by atoms with Gasteiger partial charge < -0.3 is 10.5 Å². The fourth-order valence-corrected chi connectivity index (χ4v) is 2.03. The second kappa shape index (κ2) is 3.75. The molecular formula is C11H14N4O. The van der Waals surface area contributed by atoms with Crippen LogP contribution < -0.4 is 5.73 Å². The Morgan fingerprint density at radius 2 is 2.50 bits per heavy atom.